The van der Waals surface area contributed by atoms with Crippen LogP contribution in [0.15, 0.2) is 24.3 Å². The zero-order valence-electron chi connectivity index (χ0n) is 6.67. The van der Waals surface area contributed by atoms with Gasteiger partial charge in [-0.05, 0) is 11.6 Å². The van der Waals surface area contributed by atoms with Gasteiger partial charge in [-0.3, -0.25) is 4.55 Å². The summed E-state index contributed by atoms with van der Waals surface area (Å²) in [7, 11) is -4.09. The Morgan fingerprint density at radius 1 is 1.38 bits per heavy atom. The molecule has 0 bridgehead atoms. The molecule has 0 aliphatic carbocycles. The SMILES string of the molecule is O=S(=O)(O)C1Cc2ccccc2O1. The Kier molecular flexibility index (Phi) is 1.78. The Morgan fingerprint density at radius 2 is 2.08 bits per heavy atom. The van der Waals surface area contributed by atoms with Crippen molar-refractivity contribution in [3.63, 3.8) is 0 Å². The summed E-state index contributed by atoms with van der Waals surface area (Å²) in [5.74, 6) is 0.533. The van der Waals surface area contributed by atoms with Crippen LogP contribution in [0.5, 0.6) is 5.75 Å². The number of ether oxygens (including phenoxy) is 1. The topological polar surface area (TPSA) is 63.6 Å². The molecule has 1 aliphatic rings. The molecule has 1 N–H and O–H groups in total. The lowest BCUT2D eigenvalue weighted by atomic mass is 10.2. The van der Waals surface area contributed by atoms with Crippen LogP contribution in [0.3, 0.4) is 0 Å². The predicted molar refractivity (Wildman–Crippen MR) is 46.1 cm³/mol. The molecule has 1 heterocycles. The maximum Gasteiger partial charge on any atom is 0.303 e. The molecule has 0 saturated heterocycles. The smallest absolute Gasteiger partial charge is 0.303 e. The highest BCUT2D eigenvalue weighted by atomic mass is 32.2. The van der Waals surface area contributed by atoms with E-state index >= 15 is 0 Å². The molecule has 1 aliphatic heterocycles. The lowest BCUT2D eigenvalue weighted by molar-refractivity contribution is 0.286. The largest absolute Gasteiger partial charge is 0.471 e. The van der Waals surface area contributed by atoms with E-state index in [9.17, 15) is 8.42 Å². The second-order valence-corrected chi connectivity index (χ2v) is 4.43. The van der Waals surface area contributed by atoms with E-state index < -0.39 is 15.6 Å². The van der Waals surface area contributed by atoms with E-state index in [0.29, 0.717) is 5.75 Å². The molecule has 2 rings (SSSR count). The molecule has 1 aromatic rings. The van der Waals surface area contributed by atoms with Crippen LogP contribution in [0, 0.1) is 0 Å². The normalized spacial score (nSPS) is 20.8. The van der Waals surface area contributed by atoms with Crippen LogP contribution in [0.4, 0.5) is 0 Å². The van der Waals surface area contributed by atoms with Crippen LogP contribution in [-0.2, 0) is 16.5 Å². The van der Waals surface area contributed by atoms with Crippen molar-refractivity contribution in [2.75, 3.05) is 0 Å². The van der Waals surface area contributed by atoms with E-state index in [1.807, 2.05) is 0 Å². The highest BCUT2D eigenvalue weighted by Crippen LogP contribution is 2.29. The summed E-state index contributed by atoms with van der Waals surface area (Å²) in [5.41, 5.74) is -0.324. The maximum atomic E-state index is 10.7. The molecule has 0 fully saturated rings. The van der Waals surface area contributed by atoms with Gasteiger partial charge in [-0.2, -0.15) is 8.42 Å². The van der Waals surface area contributed by atoms with Crippen LogP contribution >= 0.6 is 0 Å². The van der Waals surface area contributed by atoms with Gasteiger partial charge in [0.1, 0.15) is 5.75 Å². The number of rotatable bonds is 1. The zero-order chi connectivity index (χ0) is 9.47. The fourth-order valence-corrected chi connectivity index (χ4v) is 1.93. The Balaban J connectivity index is 2.33. The van der Waals surface area contributed by atoms with Crippen molar-refractivity contribution < 1.29 is 17.7 Å². The van der Waals surface area contributed by atoms with E-state index in [1.54, 1.807) is 24.3 Å². The highest BCUT2D eigenvalue weighted by molar-refractivity contribution is 7.86. The van der Waals surface area contributed by atoms with Gasteiger partial charge in [-0.1, -0.05) is 18.2 Å². The van der Waals surface area contributed by atoms with Crippen LogP contribution in [-0.4, -0.2) is 18.4 Å². The average Bonchev–Trinajstić information content (AvgIpc) is 2.45. The lowest BCUT2D eigenvalue weighted by Gasteiger charge is -2.05. The van der Waals surface area contributed by atoms with Gasteiger partial charge < -0.3 is 4.74 Å². The van der Waals surface area contributed by atoms with Gasteiger partial charge in [-0.25, -0.2) is 0 Å². The van der Waals surface area contributed by atoms with E-state index in [4.69, 9.17) is 9.29 Å². The number of para-hydroxylation sites is 1. The van der Waals surface area contributed by atoms with Gasteiger partial charge in [0.15, 0.2) is 0 Å². The molecule has 70 valence electrons. The molecule has 0 aromatic heterocycles. The summed E-state index contributed by atoms with van der Waals surface area (Å²) >= 11 is 0. The summed E-state index contributed by atoms with van der Waals surface area (Å²) < 4.78 is 35.2. The quantitative estimate of drug-likeness (QED) is 0.682. The number of hydrogen-bond donors (Lipinski definition) is 1. The minimum atomic E-state index is -4.09. The third kappa shape index (κ3) is 1.52. The van der Waals surface area contributed by atoms with E-state index in [0.717, 1.165) is 5.56 Å². The van der Waals surface area contributed by atoms with Gasteiger partial charge >= 0.3 is 10.1 Å². The first-order chi connectivity index (χ1) is 6.07. The first-order valence-corrected chi connectivity index (χ1v) is 5.28. The van der Waals surface area contributed by atoms with Crippen molar-refractivity contribution in [3.8, 4) is 5.75 Å². The first kappa shape index (κ1) is 8.52. The van der Waals surface area contributed by atoms with Crippen molar-refractivity contribution in [1.29, 1.82) is 0 Å². The van der Waals surface area contributed by atoms with Crippen molar-refractivity contribution in [3.05, 3.63) is 29.8 Å². The Bertz CT molecular complexity index is 399. The van der Waals surface area contributed by atoms with Crippen LogP contribution in [0.25, 0.3) is 0 Å². The highest BCUT2D eigenvalue weighted by Gasteiger charge is 2.32. The monoisotopic (exact) mass is 200 g/mol. The molecule has 0 radical (unpaired) electrons. The number of hydrogen-bond acceptors (Lipinski definition) is 3. The van der Waals surface area contributed by atoms with Gasteiger partial charge in [0, 0.05) is 6.42 Å². The molecule has 1 unspecified atom stereocenters. The van der Waals surface area contributed by atoms with Crippen molar-refractivity contribution in [1.82, 2.24) is 0 Å². The molecule has 0 spiro atoms. The molecule has 0 amide bonds. The lowest BCUT2D eigenvalue weighted by Crippen LogP contribution is -2.24. The Morgan fingerprint density at radius 3 is 2.69 bits per heavy atom. The molecule has 0 saturated carbocycles. The summed E-state index contributed by atoms with van der Waals surface area (Å²) in [6, 6.07) is 7.01. The molecule has 1 atom stereocenters. The molecule has 5 heteroatoms. The van der Waals surface area contributed by atoms with E-state index in [1.165, 1.54) is 0 Å². The fourth-order valence-electron chi connectivity index (χ4n) is 1.32. The van der Waals surface area contributed by atoms with Crippen LogP contribution in [0.1, 0.15) is 5.56 Å². The van der Waals surface area contributed by atoms with E-state index in [-0.39, 0.29) is 6.42 Å². The Hall–Kier alpha value is -1.07. The molecule has 4 nitrogen and oxygen atoms in total. The Labute approximate surface area is 75.9 Å². The van der Waals surface area contributed by atoms with Gasteiger partial charge in [-0.15, -0.1) is 0 Å². The molecule has 1 aromatic carbocycles. The molecular formula is C8H8O4S. The second-order valence-electron chi connectivity index (χ2n) is 2.87. The fraction of sp³-hybridized carbons (Fsp3) is 0.250. The summed E-state index contributed by atoms with van der Waals surface area (Å²) in [6.45, 7) is 0. The van der Waals surface area contributed by atoms with Crippen molar-refractivity contribution in [2.45, 2.75) is 11.9 Å². The van der Waals surface area contributed by atoms with Gasteiger partial charge in [0.25, 0.3) is 0 Å². The van der Waals surface area contributed by atoms with Gasteiger partial charge in [0.2, 0.25) is 5.44 Å². The summed E-state index contributed by atoms with van der Waals surface area (Å²) in [4.78, 5) is 0. The summed E-state index contributed by atoms with van der Waals surface area (Å²) in [6.07, 6.45) is 0.217. The molecular weight excluding hydrogens is 192 g/mol. The maximum absolute atomic E-state index is 10.7. The minimum Gasteiger partial charge on any atom is -0.471 e. The summed E-state index contributed by atoms with van der Waals surface area (Å²) in [5, 5.41) is 0. The third-order valence-electron chi connectivity index (χ3n) is 1.95. The van der Waals surface area contributed by atoms with Crippen LogP contribution in [0.2, 0.25) is 0 Å². The van der Waals surface area contributed by atoms with Crippen molar-refractivity contribution in [2.24, 2.45) is 0 Å². The standard InChI is InChI=1S/C8H8O4S/c9-13(10,11)8-5-6-3-1-2-4-7(6)12-8/h1-4,8H,5H2,(H,9,10,11). The first-order valence-electron chi connectivity index (χ1n) is 3.78. The number of benzene rings is 1. The zero-order valence-corrected chi connectivity index (χ0v) is 7.49. The second kappa shape index (κ2) is 2.71. The minimum absolute atomic E-state index is 0.217. The van der Waals surface area contributed by atoms with E-state index in [2.05, 4.69) is 0 Å². The predicted octanol–water partition coefficient (Wildman–Crippen LogP) is 0.835. The van der Waals surface area contributed by atoms with Crippen LogP contribution < -0.4 is 4.74 Å². The average molecular weight is 200 g/mol. The van der Waals surface area contributed by atoms with Gasteiger partial charge in [0.05, 0.1) is 0 Å². The van der Waals surface area contributed by atoms with Crippen molar-refractivity contribution >= 4 is 10.1 Å². The molecule has 13 heavy (non-hydrogen) atoms. The number of fused-ring (bicyclic) bond motifs is 1. The third-order valence-corrected chi connectivity index (χ3v) is 2.88.